The van der Waals surface area contributed by atoms with Gasteiger partial charge in [0.1, 0.15) is 11.6 Å². The van der Waals surface area contributed by atoms with Gasteiger partial charge in [-0.15, -0.1) is 24.8 Å². The zero-order chi connectivity index (χ0) is 89.2. The second-order valence-electron chi connectivity index (χ2n) is 37.4. The van der Waals surface area contributed by atoms with E-state index in [1.54, 1.807) is 19.1 Å². The van der Waals surface area contributed by atoms with Gasteiger partial charge in [0.15, 0.2) is 5.79 Å². The van der Waals surface area contributed by atoms with Crippen LogP contribution in [0.2, 0.25) is 10.0 Å². The van der Waals surface area contributed by atoms with Crippen LogP contribution in [0, 0.1) is 0 Å². The number of rotatable bonds is 25. The lowest BCUT2D eigenvalue weighted by Crippen LogP contribution is -2.55. The Morgan fingerprint density at radius 3 is 1.26 bits per heavy atom. The van der Waals surface area contributed by atoms with Crippen molar-refractivity contribution >= 4 is 97.8 Å². The summed E-state index contributed by atoms with van der Waals surface area (Å²) >= 11 is 12.4. The van der Waals surface area contributed by atoms with Crippen molar-refractivity contribution in [3.8, 4) is 0 Å². The molecule has 19 rings (SSSR count). The molecular weight excluding hydrogens is 1740 g/mol. The molecule has 6 heterocycles. The molecule has 131 heavy (non-hydrogen) atoms. The molecule has 0 bridgehead atoms. The molecular formula is C107H141Cl4F3N6O11. The molecule has 17 nitrogen and oxygen atoms in total. The second-order valence-corrected chi connectivity index (χ2v) is 38.2. The lowest BCUT2D eigenvalue weighted by atomic mass is 9.90. The maximum atomic E-state index is 13.1. The Morgan fingerprint density at radius 1 is 0.397 bits per heavy atom. The number of likely N-dealkylation sites (tertiary alicyclic amines) is 3. The number of benzene rings is 8. The zero-order valence-electron chi connectivity index (χ0n) is 77.0. The van der Waals surface area contributed by atoms with Crippen LogP contribution < -0.4 is 0 Å². The molecule has 6 saturated heterocycles. The number of ether oxygens (including phenoxy) is 8. The third-order valence-corrected chi connectivity index (χ3v) is 29.8. The summed E-state index contributed by atoms with van der Waals surface area (Å²) in [5.74, 6) is 0.619. The van der Waals surface area contributed by atoms with E-state index in [1.165, 1.54) is 139 Å². The third-order valence-electron chi connectivity index (χ3n) is 29.1. The van der Waals surface area contributed by atoms with E-state index in [4.69, 9.17) is 61.1 Å². The van der Waals surface area contributed by atoms with Gasteiger partial charge in [0.25, 0.3) is 0 Å². The summed E-state index contributed by atoms with van der Waals surface area (Å²) in [6.45, 7) is 18.5. The minimum absolute atomic E-state index is 0. The second kappa shape index (κ2) is 51.8. The number of morpholine rings is 1. The van der Waals surface area contributed by atoms with Gasteiger partial charge < -0.3 is 42.8 Å². The van der Waals surface area contributed by atoms with Crippen molar-refractivity contribution in [2.45, 2.75) is 259 Å². The van der Waals surface area contributed by atoms with Crippen LogP contribution in [-0.4, -0.2) is 251 Å². The van der Waals surface area contributed by atoms with E-state index in [0.717, 1.165) is 207 Å². The van der Waals surface area contributed by atoms with Crippen molar-refractivity contribution in [3.05, 3.63) is 213 Å². The highest BCUT2D eigenvalue weighted by atomic mass is 35.5. The van der Waals surface area contributed by atoms with E-state index in [9.17, 15) is 27.6 Å². The topological polar surface area (TPSA) is 144 Å². The molecule has 10 atom stereocenters. The standard InChI is InChI=1S/C24H32N2O2.C24H31NO3.C22H27NO2.C19H26F3NO2.C18H23Cl2NO2.2ClH/c1-19(27)25-13-15-26(16-14-25)23-8-4-5-9-24(23)28-17-12-20-10-11-21-6-2-3-7-22(21)18-20;1-2-9-21-19(6-1)7-5-8-20(21)12-15-26-23-11-4-3-10-22(23)25-14-13-24(18-25)27-16-17-28-24;24-19-12-14-23(16-19)21-10-3-4-11-22(21)25-15-13-18-8-5-7-17-6-1-2-9-20(17)18;20-19(21,22)16-6-2-1-5-15(16)9-12-25-18-8-4-3-7-17(18)23-10-13-24-14-11-23;19-15-4-3-5-16(20)14(15)9-11-23-18-7-2-1-6-17(18)21-10-8-13(22)12-21;;/h2-3,6-7,10-11,18,23-24H,4-5,8-9,12-17H2,1H3;1-2,5-9,22-23H,3-4,10-18H2;1-2,5-9,21-22H,3-4,10-16H2;1-2,5-6,17-18H,3-4,7-14H2;3-5,17-18H,1-2,6-12H2;2*1H/t;;;17-,18?;;;/m...1.../s1. The fourth-order valence-electron chi connectivity index (χ4n) is 22.2. The number of piperazine rings is 1. The van der Waals surface area contributed by atoms with Gasteiger partial charge in [0, 0.05) is 125 Å². The largest absolute Gasteiger partial charge is 0.416 e. The molecule has 8 aromatic rings. The molecule has 0 radical (unpaired) electrons. The molecule has 11 aliphatic rings. The monoisotopic (exact) mass is 1880 g/mol. The van der Waals surface area contributed by atoms with Crippen molar-refractivity contribution < 1.29 is 65.4 Å². The summed E-state index contributed by atoms with van der Waals surface area (Å²) in [5, 5.41) is 9.30. The van der Waals surface area contributed by atoms with Gasteiger partial charge in [-0.1, -0.05) is 239 Å². The number of halogens is 7. The molecule has 5 aliphatic carbocycles. The number of amides is 1. The Balaban J connectivity index is 0.000000139. The summed E-state index contributed by atoms with van der Waals surface area (Å²) in [6, 6.07) is 59.1. The van der Waals surface area contributed by atoms with Gasteiger partial charge in [0.2, 0.25) is 5.91 Å². The Labute approximate surface area is 798 Å². The first-order valence-electron chi connectivity index (χ1n) is 49.0. The number of carbonyl (C=O) groups excluding carboxylic acids is 3. The van der Waals surface area contributed by atoms with E-state index in [0.29, 0.717) is 109 Å². The van der Waals surface area contributed by atoms with Crippen molar-refractivity contribution in [2.75, 3.05) is 138 Å². The number of ketones is 2. The molecule has 714 valence electrons. The number of fused-ring (bicyclic) bond motifs is 3. The molecule has 5 saturated carbocycles. The highest BCUT2D eigenvalue weighted by Crippen LogP contribution is 2.39. The fourth-order valence-corrected chi connectivity index (χ4v) is 22.8. The Bertz CT molecular complexity index is 4810. The smallest absolute Gasteiger partial charge is 0.379 e. The van der Waals surface area contributed by atoms with E-state index < -0.39 is 11.7 Å². The van der Waals surface area contributed by atoms with Crippen LogP contribution in [0.3, 0.4) is 0 Å². The van der Waals surface area contributed by atoms with Gasteiger partial charge in [0.05, 0.1) is 115 Å². The van der Waals surface area contributed by atoms with Crippen LogP contribution in [0.15, 0.2) is 170 Å². The SMILES string of the molecule is CC(=O)N1CCN(C2CCCCC2OCCc2ccc3ccccc3c2)CC1.Cl.Cl.FC(F)(F)c1ccccc1CCOC1CCCC[C@H]1N1CCOCC1.O=C1CCN(C2CCCCC2OCCc2c(Cl)cccc2Cl)C1.O=C1CCN(C2CCCCC2OCCc2cccc3ccccc23)C1.c1ccc2c(CCOC3CCCCC3N3CCC4(C3)OCCO4)cccc2c1. The molecule has 8 aromatic carbocycles. The molecule has 11 fully saturated rings. The number of Topliss-reactive ketones (excluding diaryl/α,β-unsaturated/α-hetero) is 2. The Hall–Kier alpha value is -6.22. The van der Waals surface area contributed by atoms with Gasteiger partial charge in [-0.3, -0.25) is 38.9 Å². The van der Waals surface area contributed by atoms with Crippen LogP contribution in [0.25, 0.3) is 32.3 Å². The zero-order valence-corrected chi connectivity index (χ0v) is 80.1. The van der Waals surface area contributed by atoms with Crippen molar-refractivity contribution in [3.63, 3.8) is 0 Å². The average Bonchev–Trinajstić information content (AvgIpc) is 1.65. The minimum atomic E-state index is -4.31. The maximum absolute atomic E-state index is 13.1. The first kappa shape index (κ1) is 102. The number of nitrogens with zero attached hydrogens (tertiary/aromatic N) is 6. The lowest BCUT2D eigenvalue weighted by molar-refractivity contribution is -0.150. The molecule has 6 aliphatic heterocycles. The van der Waals surface area contributed by atoms with Gasteiger partial charge in [-0.05, 0) is 175 Å². The molecule has 0 aromatic heterocycles. The maximum Gasteiger partial charge on any atom is 0.416 e. The average molecular weight is 1890 g/mol. The van der Waals surface area contributed by atoms with Crippen molar-refractivity contribution in [1.29, 1.82) is 0 Å². The van der Waals surface area contributed by atoms with Gasteiger partial charge in [-0.2, -0.15) is 13.2 Å². The summed E-state index contributed by atoms with van der Waals surface area (Å²) in [7, 11) is 0. The van der Waals surface area contributed by atoms with Crippen LogP contribution in [0.4, 0.5) is 13.2 Å². The highest BCUT2D eigenvalue weighted by molar-refractivity contribution is 6.36. The number of hydrogen-bond acceptors (Lipinski definition) is 16. The summed E-state index contributed by atoms with van der Waals surface area (Å²) < 4.78 is 88.0. The Morgan fingerprint density at radius 2 is 0.786 bits per heavy atom. The summed E-state index contributed by atoms with van der Waals surface area (Å²) in [5.41, 5.74) is 4.82. The van der Waals surface area contributed by atoms with Crippen molar-refractivity contribution in [2.24, 2.45) is 0 Å². The summed E-state index contributed by atoms with van der Waals surface area (Å²) in [4.78, 5) is 49.0. The van der Waals surface area contributed by atoms with E-state index in [2.05, 4.69) is 152 Å². The Kier molecular flexibility index (Phi) is 40.4. The first-order chi connectivity index (χ1) is 63.0. The normalized spacial score (nSPS) is 25.3. The van der Waals surface area contributed by atoms with Gasteiger partial charge in [-0.25, -0.2) is 0 Å². The lowest BCUT2D eigenvalue weighted by Gasteiger charge is -2.43. The minimum Gasteiger partial charge on any atom is -0.379 e. The van der Waals surface area contributed by atoms with Crippen LogP contribution in [-0.2, 0) is 90.6 Å². The van der Waals surface area contributed by atoms with Crippen LogP contribution in [0.5, 0.6) is 0 Å². The predicted molar refractivity (Wildman–Crippen MR) is 522 cm³/mol. The van der Waals surface area contributed by atoms with Crippen LogP contribution in [0.1, 0.15) is 188 Å². The molecule has 1 amide bonds. The molecule has 9 unspecified atom stereocenters. The fraction of sp³-hybridized carbons (Fsp3) is 0.579. The number of carbonyl (C=O) groups is 3. The molecule has 24 heteroatoms. The van der Waals surface area contributed by atoms with Crippen LogP contribution >= 0.6 is 48.0 Å². The van der Waals surface area contributed by atoms with Gasteiger partial charge >= 0.3 is 6.18 Å². The first-order valence-corrected chi connectivity index (χ1v) is 49.7. The number of alkyl halides is 3. The van der Waals surface area contributed by atoms with Crippen molar-refractivity contribution in [1.82, 2.24) is 29.4 Å². The third kappa shape index (κ3) is 29.0. The van der Waals surface area contributed by atoms with E-state index in [-0.39, 0.29) is 54.8 Å². The molecule has 1 spiro atoms. The predicted octanol–water partition coefficient (Wildman–Crippen LogP) is 20.9. The number of hydrogen-bond donors (Lipinski definition) is 0. The van der Waals surface area contributed by atoms with E-state index in [1.807, 2.05) is 23.1 Å². The highest BCUT2D eigenvalue weighted by Gasteiger charge is 2.47. The van der Waals surface area contributed by atoms with E-state index >= 15 is 0 Å². The summed E-state index contributed by atoms with van der Waals surface area (Å²) in [6.07, 6.45) is 27.1. The quantitative estimate of drug-likeness (QED) is 0.0534. The molecule has 0 N–H and O–H groups in total.